The lowest BCUT2D eigenvalue weighted by molar-refractivity contribution is -0.133. The molecule has 1 amide bonds. The summed E-state index contributed by atoms with van der Waals surface area (Å²) in [5.41, 5.74) is 4.53. The van der Waals surface area contributed by atoms with Crippen LogP contribution in [0, 0.1) is 0 Å². The highest BCUT2D eigenvalue weighted by Crippen LogP contribution is 2.23. The minimum absolute atomic E-state index is 0.197. The van der Waals surface area contributed by atoms with Gasteiger partial charge >= 0.3 is 5.97 Å². The maximum atomic E-state index is 12.4. The molecule has 1 N–H and O–H groups in total. The lowest BCUT2D eigenvalue weighted by Gasteiger charge is -2.18. The van der Waals surface area contributed by atoms with Crippen molar-refractivity contribution in [3.05, 3.63) is 65.2 Å². The fourth-order valence-electron chi connectivity index (χ4n) is 3.57. The number of aliphatic carboxylic acids is 1. The van der Waals surface area contributed by atoms with Gasteiger partial charge in [-0.05, 0) is 47.2 Å². The number of benzene rings is 2. The van der Waals surface area contributed by atoms with E-state index in [9.17, 15) is 14.7 Å². The van der Waals surface area contributed by atoms with Crippen LogP contribution in [0.3, 0.4) is 0 Å². The number of carbonyl (C=O) groups is 2. The van der Waals surface area contributed by atoms with Gasteiger partial charge in [-0.2, -0.15) is 0 Å². The average molecular weight is 422 g/mol. The van der Waals surface area contributed by atoms with Crippen molar-refractivity contribution in [3.8, 4) is 11.1 Å². The van der Waals surface area contributed by atoms with Gasteiger partial charge in [-0.1, -0.05) is 82.0 Å². The topological polar surface area (TPSA) is 57.6 Å². The molecule has 0 bridgehead atoms. The maximum Gasteiger partial charge on any atom is 0.331 e. The molecule has 0 fully saturated rings. The first-order chi connectivity index (χ1) is 14.9. The van der Waals surface area contributed by atoms with Gasteiger partial charge < -0.3 is 10.0 Å². The van der Waals surface area contributed by atoms with Gasteiger partial charge in [-0.3, -0.25) is 4.79 Å². The largest absolute Gasteiger partial charge is 0.478 e. The van der Waals surface area contributed by atoms with Crippen molar-refractivity contribution < 1.29 is 14.7 Å². The van der Waals surface area contributed by atoms with Crippen molar-refractivity contribution in [2.24, 2.45) is 0 Å². The van der Waals surface area contributed by atoms with Crippen LogP contribution in [0.25, 0.3) is 17.2 Å². The molecule has 2 rings (SSSR count). The summed E-state index contributed by atoms with van der Waals surface area (Å²) in [6, 6.07) is 16.1. The molecule has 0 aromatic heterocycles. The van der Waals surface area contributed by atoms with Gasteiger partial charge in [-0.25, -0.2) is 4.79 Å². The van der Waals surface area contributed by atoms with E-state index in [2.05, 4.69) is 19.1 Å². The fourth-order valence-corrected chi connectivity index (χ4v) is 3.57. The number of nitrogens with zero attached hydrogens (tertiary/aromatic N) is 1. The van der Waals surface area contributed by atoms with E-state index in [0.29, 0.717) is 25.0 Å². The molecule has 0 aliphatic heterocycles. The molecular weight excluding hydrogens is 386 g/mol. The Morgan fingerprint density at radius 2 is 1.65 bits per heavy atom. The average Bonchev–Trinajstić information content (AvgIpc) is 2.77. The summed E-state index contributed by atoms with van der Waals surface area (Å²) in [4.78, 5) is 25.4. The molecule has 166 valence electrons. The third-order valence-electron chi connectivity index (χ3n) is 5.51. The lowest BCUT2D eigenvalue weighted by Crippen LogP contribution is -2.25. The van der Waals surface area contributed by atoms with E-state index < -0.39 is 5.97 Å². The summed E-state index contributed by atoms with van der Waals surface area (Å²) >= 11 is 0. The molecule has 4 heteroatoms. The van der Waals surface area contributed by atoms with E-state index in [-0.39, 0.29) is 5.91 Å². The summed E-state index contributed by atoms with van der Waals surface area (Å²) < 4.78 is 0. The Balaban J connectivity index is 2.00. The Hall–Kier alpha value is -2.88. The summed E-state index contributed by atoms with van der Waals surface area (Å²) in [7, 11) is 1.87. The third-order valence-corrected chi connectivity index (χ3v) is 5.51. The SMILES string of the molecule is CCCCCCCC(=O)N(C)Cc1cccc(-c2ccc(/C=C(/CC)C(=O)O)cc2)c1. The van der Waals surface area contributed by atoms with Crippen LogP contribution in [-0.2, 0) is 16.1 Å². The van der Waals surface area contributed by atoms with E-state index in [4.69, 9.17) is 0 Å². The summed E-state index contributed by atoms with van der Waals surface area (Å²) in [5, 5.41) is 9.19. The quantitative estimate of drug-likeness (QED) is 0.312. The van der Waals surface area contributed by atoms with Crippen molar-refractivity contribution in [2.75, 3.05) is 7.05 Å². The Morgan fingerprint density at radius 3 is 2.29 bits per heavy atom. The van der Waals surface area contributed by atoms with Gasteiger partial charge in [0.2, 0.25) is 5.91 Å². The molecular formula is C27H35NO3. The van der Waals surface area contributed by atoms with Gasteiger partial charge in [0.25, 0.3) is 0 Å². The predicted octanol–water partition coefficient (Wildman–Crippen LogP) is 6.55. The number of carboxylic acids is 1. The summed E-state index contributed by atoms with van der Waals surface area (Å²) in [6.07, 6.45) is 8.58. The first-order valence-corrected chi connectivity index (χ1v) is 11.3. The van der Waals surface area contributed by atoms with Gasteiger partial charge in [0.15, 0.2) is 0 Å². The Labute approximate surface area is 186 Å². The van der Waals surface area contributed by atoms with Gasteiger partial charge in [0, 0.05) is 25.6 Å². The molecule has 0 unspecified atom stereocenters. The fraction of sp³-hybridized carbons (Fsp3) is 0.407. The predicted molar refractivity (Wildman–Crippen MR) is 128 cm³/mol. The lowest BCUT2D eigenvalue weighted by atomic mass is 10.0. The van der Waals surface area contributed by atoms with Crippen LogP contribution in [0.1, 0.15) is 69.9 Å². The third kappa shape index (κ3) is 8.05. The van der Waals surface area contributed by atoms with E-state index in [1.807, 2.05) is 55.3 Å². The zero-order valence-electron chi connectivity index (χ0n) is 19.1. The first kappa shape index (κ1) is 24.4. The zero-order chi connectivity index (χ0) is 22.6. The Morgan fingerprint density at radius 1 is 0.935 bits per heavy atom. The highest BCUT2D eigenvalue weighted by atomic mass is 16.4. The second-order valence-electron chi connectivity index (χ2n) is 8.06. The van der Waals surface area contributed by atoms with Crippen molar-refractivity contribution in [1.82, 2.24) is 4.90 Å². The number of rotatable bonds is 12. The number of carboxylic acid groups (broad SMARTS) is 1. The molecule has 2 aromatic rings. The van der Waals surface area contributed by atoms with Crippen molar-refractivity contribution in [3.63, 3.8) is 0 Å². The van der Waals surface area contributed by atoms with Crippen LogP contribution in [-0.4, -0.2) is 28.9 Å². The standard InChI is InChI=1S/C27H35NO3/c1-4-6-7-8-9-13-26(29)28(3)20-22-11-10-12-25(19-22)24-16-14-21(15-17-24)18-23(5-2)27(30)31/h10-12,14-19H,4-9,13,20H2,1-3H3,(H,30,31)/b23-18-. The molecule has 31 heavy (non-hydrogen) atoms. The highest BCUT2D eigenvalue weighted by Gasteiger charge is 2.10. The second-order valence-corrected chi connectivity index (χ2v) is 8.06. The van der Waals surface area contributed by atoms with E-state index in [1.165, 1.54) is 19.3 Å². The van der Waals surface area contributed by atoms with E-state index >= 15 is 0 Å². The highest BCUT2D eigenvalue weighted by molar-refractivity contribution is 5.92. The van der Waals surface area contributed by atoms with Crippen molar-refractivity contribution in [1.29, 1.82) is 0 Å². The van der Waals surface area contributed by atoms with Crippen LogP contribution >= 0.6 is 0 Å². The second kappa shape index (κ2) is 12.7. The van der Waals surface area contributed by atoms with Gasteiger partial charge in [-0.15, -0.1) is 0 Å². The van der Waals surface area contributed by atoms with E-state index in [0.717, 1.165) is 35.1 Å². The van der Waals surface area contributed by atoms with Crippen molar-refractivity contribution >= 4 is 18.0 Å². The first-order valence-electron chi connectivity index (χ1n) is 11.3. The number of carbonyl (C=O) groups excluding carboxylic acids is 1. The molecule has 0 heterocycles. The molecule has 0 atom stereocenters. The van der Waals surface area contributed by atoms with E-state index in [1.54, 1.807) is 6.08 Å². The maximum absolute atomic E-state index is 12.4. The molecule has 4 nitrogen and oxygen atoms in total. The van der Waals surface area contributed by atoms with Crippen LogP contribution in [0.5, 0.6) is 0 Å². The number of hydrogen-bond acceptors (Lipinski definition) is 2. The van der Waals surface area contributed by atoms with Crippen LogP contribution in [0.15, 0.2) is 54.1 Å². The summed E-state index contributed by atoms with van der Waals surface area (Å²) in [5.74, 6) is -0.679. The van der Waals surface area contributed by atoms with Crippen LogP contribution in [0.4, 0.5) is 0 Å². The Kier molecular flexibility index (Phi) is 10.0. The number of amides is 1. The number of hydrogen-bond donors (Lipinski definition) is 1. The normalized spacial score (nSPS) is 11.4. The molecule has 0 spiro atoms. The molecule has 0 saturated carbocycles. The minimum Gasteiger partial charge on any atom is -0.478 e. The smallest absolute Gasteiger partial charge is 0.331 e. The monoisotopic (exact) mass is 421 g/mol. The zero-order valence-corrected chi connectivity index (χ0v) is 19.1. The summed E-state index contributed by atoms with van der Waals surface area (Å²) in [6.45, 7) is 4.63. The van der Waals surface area contributed by atoms with Crippen LogP contribution in [0.2, 0.25) is 0 Å². The molecule has 0 aliphatic rings. The van der Waals surface area contributed by atoms with Gasteiger partial charge in [0.05, 0.1) is 0 Å². The number of unbranched alkanes of at least 4 members (excludes halogenated alkanes) is 4. The molecule has 2 aromatic carbocycles. The molecule has 0 aliphatic carbocycles. The van der Waals surface area contributed by atoms with Gasteiger partial charge in [0.1, 0.15) is 0 Å². The Bertz CT molecular complexity index is 884. The van der Waals surface area contributed by atoms with Crippen molar-refractivity contribution in [2.45, 2.75) is 65.3 Å². The minimum atomic E-state index is -0.876. The molecule has 0 saturated heterocycles. The van der Waals surface area contributed by atoms with Crippen LogP contribution < -0.4 is 0 Å². The molecule has 0 radical (unpaired) electrons.